The zero-order valence-corrected chi connectivity index (χ0v) is 12.5. The molecule has 2 heterocycles. The summed E-state index contributed by atoms with van der Waals surface area (Å²) in [4.78, 5) is 16.0. The molecular formula is C17H24N2O2. The summed E-state index contributed by atoms with van der Waals surface area (Å²) in [6, 6.07) is 7.32. The second kappa shape index (κ2) is 6.48. The maximum absolute atomic E-state index is 11.1. The average Bonchev–Trinajstić information content (AvgIpc) is 3.01. The van der Waals surface area contributed by atoms with Gasteiger partial charge in [-0.15, -0.1) is 0 Å². The molecule has 0 atom stereocenters. The lowest BCUT2D eigenvalue weighted by Gasteiger charge is -2.35. The van der Waals surface area contributed by atoms with Gasteiger partial charge in [0.25, 0.3) is 0 Å². The van der Waals surface area contributed by atoms with Gasteiger partial charge in [0.1, 0.15) is 0 Å². The fourth-order valence-electron chi connectivity index (χ4n) is 3.54. The van der Waals surface area contributed by atoms with Crippen LogP contribution in [0, 0.1) is 5.92 Å². The molecule has 0 bridgehead atoms. The Hall–Kier alpha value is -1.55. The summed E-state index contributed by atoms with van der Waals surface area (Å²) in [6.07, 6.45) is 5.16. The molecular weight excluding hydrogens is 264 g/mol. The number of rotatable bonds is 4. The lowest BCUT2D eigenvalue weighted by molar-refractivity contribution is 0.0697. The summed E-state index contributed by atoms with van der Waals surface area (Å²) < 4.78 is 0. The van der Waals surface area contributed by atoms with Gasteiger partial charge in [-0.3, -0.25) is 0 Å². The Balaban J connectivity index is 1.55. The number of carboxylic acid groups (broad SMARTS) is 1. The van der Waals surface area contributed by atoms with Crippen molar-refractivity contribution in [2.24, 2.45) is 5.92 Å². The van der Waals surface area contributed by atoms with Gasteiger partial charge in [-0.05, 0) is 62.9 Å². The van der Waals surface area contributed by atoms with E-state index in [0.717, 1.165) is 24.7 Å². The van der Waals surface area contributed by atoms with E-state index >= 15 is 0 Å². The SMILES string of the molecule is O=C(O)c1cccc(N2CCC(CN3CCCC3)CC2)c1. The van der Waals surface area contributed by atoms with Gasteiger partial charge in [0, 0.05) is 25.3 Å². The molecule has 3 rings (SSSR count). The molecule has 0 aliphatic carbocycles. The van der Waals surface area contributed by atoms with Crippen LogP contribution in [0.4, 0.5) is 5.69 Å². The minimum absolute atomic E-state index is 0.381. The van der Waals surface area contributed by atoms with Crippen LogP contribution in [0.1, 0.15) is 36.0 Å². The van der Waals surface area contributed by atoms with Crippen LogP contribution in [0.25, 0.3) is 0 Å². The molecule has 0 amide bonds. The highest BCUT2D eigenvalue weighted by Crippen LogP contribution is 2.25. The van der Waals surface area contributed by atoms with Crippen molar-refractivity contribution in [1.29, 1.82) is 0 Å². The molecule has 1 aromatic rings. The molecule has 4 nitrogen and oxygen atoms in total. The Kier molecular flexibility index (Phi) is 4.44. The molecule has 2 aliphatic rings. The molecule has 0 radical (unpaired) electrons. The Bertz CT molecular complexity index is 489. The fourth-order valence-corrected chi connectivity index (χ4v) is 3.54. The predicted octanol–water partition coefficient (Wildman–Crippen LogP) is 2.70. The van der Waals surface area contributed by atoms with E-state index < -0.39 is 5.97 Å². The molecule has 0 aromatic heterocycles. The first-order valence-corrected chi connectivity index (χ1v) is 8.03. The third kappa shape index (κ3) is 3.56. The van der Waals surface area contributed by atoms with Gasteiger partial charge in [-0.25, -0.2) is 4.79 Å². The average molecular weight is 288 g/mol. The Morgan fingerprint density at radius 1 is 1.14 bits per heavy atom. The van der Waals surface area contributed by atoms with E-state index in [1.165, 1.54) is 45.3 Å². The first kappa shape index (κ1) is 14.4. The van der Waals surface area contributed by atoms with Crippen molar-refractivity contribution in [2.45, 2.75) is 25.7 Å². The van der Waals surface area contributed by atoms with Gasteiger partial charge in [0.15, 0.2) is 0 Å². The highest BCUT2D eigenvalue weighted by molar-refractivity contribution is 5.88. The highest BCUT2D eigenvalue weighted by Gasteiger charge is 2.23. The summed E-state index contributed by atoms with van der Waals surface area (Å²) in [7, 11) is 0. The van der Waals surface area contributed by atoms with Gasteiger partial charge in [-0.2, -0.15) is 0 Å². The van der Waals surface area contributed by atoms with Crippen LogP contribution in [0.2, 0.25) is 0 Å². The molecule has 0 spiro atoms. The Morgan fingerprint density at radius 2 is 1.86 bits per heavy atom. The topological polar surface area (TPSA) is 43.8 Å². The van der Waals surface area contributed by atoms with Gasteiger partial charge >= 0.3 is 5.97 Å². The van der Waals surface area contributed by atoms with Gasteiger partial charge in [0.2, 0.25) is 0 Å². The maximum Gasteiger partial charge on any atom is 0.335 e. The number of benzene rings is 1. The van der Waals surface area contributed by atoms with Crippen LogP contribution in [0.15, 0.2) is 24.3 Å². The second-order valence-corrected chi connectivity index (χ2v) is 6.29. The minimum atomic E-state index is -0.847. The molecule has 2 fully saturated rings. The smallest absolute Gasteiger partial charge is 0.335 e. The Labute approximate surface area is 126 Å². The maximum atomic E-state index is 11.1. The fraction of sp³-hybridized carbons (Fsp3) is 0.588. The summed E-state index contributed by atoms with van der Waals surface area (Å²) in [5.41, 5.74) is 1.43. The number of hydrogen-bond donors (Lipinski definition) is 1. The first-order valence-electron chi connectivity index (χ1n) is 8.03. The van der Waals surface area contributed by atoms with Crippen molar-refractivity contribution < 1.29 is 9.90 Å². The quantitative estimate of drug-likeness (QED) is 0.925. The molecule has 2 aliphatic heterocycles. The van der Waals surface area contributed by atoms with Gasteiger partial charge < -0.3 is 14.9 Å². The minimum Gasteiger partial charge on any atom is -0.478 e. The van der Waals surface area contributed by atoms with Crippen LogP contribution in [0.5, 0.6) is 0 Å². The van der Waals surface area contributed by atoms with Crippen molar-refractivity contribution in [2.75, 3.05) is 37.6 Å². The largest absolute Gasteiger partial charge is 0.478 e. The zero-order valence-electron chi connectivity index (χ0n) is 12.5. The molecule has 1 aromatic carbocycles. The lowest BCUT2D eigenvalue weighted by atomic mass is 9.95. The van der Waals surface area contributed by atoms with Crippen molar-refractivity contribution in [1.82, 2.24) is 4.90 Å². The van der Waals surface area contributed by atoms with Crippen LogP contribution in [0.3, 0.4) is 0 Å². The normalized spacial score (nSPS) is 20.9. The van der Waals surface area contributed by atoms with E-state index in [1.807, 2.05) is 12.1 Å². The first-order chi connectivity index (χ1) is 10.2. The summed E-state index contributed by atoms with van der Waals surface area (Å²) >= 11 is 0. The van der Waals surface area contributed by atoms with Crippen molar-refractivity contribution in [3.05, 3.63) is 29.8 Å². The highest BCUT2D eigenvalue weighted by atomic mass is 16.4. The lowest BCUT2D eigenvalue weighted by Crippen LogP contribution is -2.38. The van der Waals surface area contributed by atoms with Crippen LogP contribution < -0.4 is 4.90 Å². The van der Waals surface area contributed by atoms with E-state index in [1.54, 1.807) is 12.1 Å². The van der Waals surface area contributed by atoms with Crippen molar-refractivity contribution in [3.8, 4) is 0 Å². The molecule has 1 N–H and O–H groups in total. The molecule has 0 saturated carbocycles. The van der Waals surface area contributed by atoms with Gasteiger partial charge in [0.05, 0.1) is 5.56 Å². The van der Waals surface area contributed by atoms with E-state index in [-0.39, 0.29) is 0 Å². The van der Waals surface area contributed by atoms with E-state index in [2.05, 4.69) is 9.80 Å². The van der Waals surface area contributed by atoms with Crippen LogP contribution in [-0.4, -0.2) is 48.7 Å². The number of likely N-dealkylation sites (tertiary alicyclic amines) is 1. The second-order valence-electron chi connectivity index (χ2n) is 6.29. The number of carbonyl (C=O) groups is 1. The summed E-state index contributed by atoms with van der Waals surface area (Å²) in [5, 5.41) is 9.08. The van der Waals surface area contributed by atoms with E-state index in [4.69, 9.17) is 5.11 Å². The van der Waals surface area contributed by atoms with Crippen LogP contribution in [-0.2, 0) is 0 Å². The summed E-state index contributed by atoms with van der Waals surface area (Å²) in [6.45, 7) is 5.90. The zero-order chi connectivity index (χ0) is 14.7. The number of hydrogen-bond acceptors (Lipinski definition) is 3. The third-order valence-electron chi connectivity index (χ3n) is 4.79. The standard InChI is InChI=1S/C17H24N2O2/c20-17(21)15-4-3-5-16(12-15)19-10-6-14(7-11-19)13-18-8-1-2-9-18/h3-5,12,14H,1-2,6-11,13H2,(H,20,21). The van der Waals surface area contributed by atoms with E-state index in [9.17, 15) is 4.79 Å². The number of carboxylic acids is 1. The Morgan fingerprint density at radius 3 is 2.52 bits per heavy atom. The van der Waals surface area contributed by atoms with Crippen molar-refractivity contribution in [3.63, 3.8) is 0 Å². The number of nitrogens with zero attached hydrogens (tertiary/aromatic N) is 2. The molecule has 2 saturated heterocycles. The molecule has 4 heteroatoms. The number of anilines is 1. The van der Waals surface area contributed by atoms with Crippen molar-refractivity contribution >= 4 is 11.7 Å². The number of aromatic carboxylic acids is 1. The summed E-state index contributed by atoms with van der Waals surface area (Å²) in [5.74, 6) is -0.0391. The molecule has 0 unspecified atom stereocenters. The predicted molar refractivity (Wildman–Crippen MR) is 84.0 cm³/mol. The monoisotopic (exact) mass is 288 g/mol. The molecule has 114 valence electrons. The number of piperidine rings is 1. The van der Waals surface area contributed by atoms with Crippen LogP contribution >= 0.6 is 0 Å². The third-order valence-corrected chi connectivity index (χ3v) is 4.79. The van der Waals surface area contributed by atoms with Gasteiger partial charge in [-0.1, -0.05) is 6.07 Å². The molecule has 21 heavy (non-hydrogen) atoms. The van der Waals surface area contributed by atoms with E-state index in [0.29, 0.717) is 5.56 Å².